The third-order valence-electron chi connectivity index (χ3n) is 7.65. The molecule has 4 rings (SSSR count). The number of benzene rings is 1. The van der Waals surface area contributed by atoms with Crippen LogP contribution >= 0.6 is 0 Å². The van der Waals surface area contributed by atoms with E-state index in [4.69, 9.17) is 9.26 Å². The summed E-state index contributed by atoms with van der Waals surface area (Å²) in [6.07, 6.45) is 3.34. The Balaban J connectivity index is 1.31. The number of carbonyl (C=O) groups excluding carboxylic acids is 2. The van der Waals surface area contributed by atoms with E-state index in [2.05, 4.69) is 72.7 Å². The highest BCUT2D eigenvalue weighted by atomic mass is 16.5. The first-order valence-electron chi connectivity index (χ1n) is 13.8. The Hall–Kier alpha value is -3.92. The van der Waals surface area contributed by atoms with Crippen LogP contribution in [0.2, 0.25) is 0 Å². The normalized spacial score (nSPS) is 17.9. The molecular weight excluding hydrogens is 520 g/mol. The minimum atomic E-state index is -0.455. The summed E-state index contributed by atoms with van der Waals surface area (Å²) in [6, 6.07) is 11.5. The molecule has 0 spiro atoms. The van der Waals surface area contributed by atoms with Crippen molar-refractivity contribution in [3.05, 3.63) is 60.1 Å². The van der Waals surface area contributed by atoms with Crippen molar-refractivity contribution in [2.24, 2.45) is 0 Å². The molecule has 0 saturated carbocycles. The maximum Gasteiger partial charge on any atom is 0.324 e. The van der Waals surface area contributed by atoms with E-state index >= 15 is 0 Å². The highest BCUT2D eigenvalue weighted by Crippen LogP contribution is 2.44. The fourth-order valence-electron chi connectivity index (χ4n) is 5.68. The van der Waals surface area contributed by atoms with Gasteiger partial charge in [-0.3, -0.25) is 15.0 Å². The van der Waals surface area contributed by atoms with Crippen LogP contribution < -0.4 is 20.7 Å². The maximum absolute atomic E-state index is 12.8. The summed E-state index contributed by atoms with van der Waals surface area (Å²) >= 11 is 0. The van der Waals surface area contributed by atoms with Crippen molar-refractivity contribution in [3.63, 3.8) is 0 Å². The zero-order chi connectivity index (χ0) is 30.2. The molecule has 220 valence electrons. The fourth-order valence-corrected chi connectivity index (χ4v) is 5.68. The van der Waals surface area contributed by atoms with Crippen LogP contribution in [-0.2, 0) is 5.41 Å². The van der Waals surface area contributed by atoms with Gasteiger partial charge in [-0.15, -0.1) is 0 Å². The molecule has 3 heterocycles. The first kappa shape index (κ1) is 30.0. The van der Waals surface area contributed by atoms with E-state index < -0.39 is 6.03 Å². The van der Waals surface area contributed by atoms with Crippen molar-refractivity contribution in [2.75, 3.05) is 23.0 Å². The molecule has 0 bridgehead atoms. The number of hydrogen-bond donors (Lipinski definition) is 3. The second-order valence-corrected chi connectivity index (χ2v) is 13.4. The summed E-state index contributed by atoms with van der Waals surface area (Å²) < 4.78 is 11.7. The SMILES string of the molecule is CN1C(C)(C)CC(C)(Oc2ccc(C(=O)Nc3ccc(NC(=O)Nc4cc(C(C)(C)C)on4)cc3)nc2)CC1(C)C. The van der Waals surface area contributed by atoms with Gasteiger partial charge < -0.3 is 19.9 Å². The lowest BCUT2D eigenvalue weighted by atomic mass is 9.72. The molecule has 1 aliphatic heterocycles. The van der Waals surface area contributed by atoms with Gasteiger partial charge in [-0.05, 0) is 78.1 Å². The predicted molar refractivity (Wildman–Crippen MR) is 161 cm³/mol. The van der Waals surface area contributed by atoms with Crippen LogP contribution in [0.15, 0.2) is 53.2 Å². The lowest BCUT2D eigenvalue weighted by Crippen LogP contribution is -2.64. The third kappa shape index (κ3) is 7.24. The van der Waals surface area contributed by atoms with Gasteiger partial charge in [0.15, 0.2) is 5.82 Å². The van der Waals surface area contributed by atoms with E-state index in [0.717, 1.165) is 12.8 Å². The van der Waals surface area contributed by atoms with E-state index in [9.17, 15) is 9.59 Å². The Morgan fingerprint density at radius 1 is 0.902 bits per heavy atom. The summed E-state index contributed by atoms with van der Waals surface area (Å²) in [7, 11) is 2.16. The number of rotatable bonds is 6. The molecule has 3 amide bonds. The van der Waals surface area contributed by atoms with Gasteiger partial charge in [0.05, 0.1) is 6.20 Å². The van der Waals surface area contributed by atoms with Crippen LogP contribution in [0.5, 0.6) is 5.75 Å². The standard InChI is InChI=1S/C31H42N6O4/c1-28(2,3)24-16-25(36-41-24)35-27(39)34-21-12-10-20(11-13-21)33-26(38)23-15-14-22(17-32-23)40-31(8)18-29(4,5)37(9)30(6,7)19-31/h10-17H,18-19H2,1-9H3,(H,33,38)(H2,34,35,36,39). The van der Waals surface area contributed by atoms with E-state index in [1.807, 2.05) is 20.8 Å². The number of nitrogens with zero attached hydrogens (tertiary/aromatic N) is 3. The van der Waals surface area contributed by atoms with Gasteiger partial charge in [-0.2, -0.15) is 0 Å². The fraction of sp³-hybridized carbons (Fsp3) is 0.484. The second kappa shape index (κ2) is 10.8. The van der Waals surface area contributed by atoms with Crippen LogP contribution in [0.3, 0.4) is 0 Å². The molecule has 1 aromatic carbocycles. The van der Waals surface area contributed by atoms with Gasteiger partial charge >= 0.3 is 6.03 Å². The van der Waals surface area contributed by atoms with Crippen LogP contribution in [0.25, 0.3) is 0 Å². The number of carbonyl (C=O) groups is 2. The van der Waals surface area contributed by atoms with E-state index in [1.165, 1.54) is 0 Å². The number of piperidine rings is 1. The lowest BCUT2D eigenvalue weighted by molar-refractivity contribution is -0.102. The first-order valence-corrected chi connectivity index (χ1v) is 13.8. The number of ether oxygens (including phenoxy) is 1. The number of hydrogen-bond acceptors (Lipinski definition) is 7. The van der Waals surface area contributed by atoms with Crippen molar-refractivity contribution >= 4 is 29.1 Å². The van der Waals surface area contributed by atoms with E-state index in [0.29, 0.717) is 28.7 Å². The molecule has 1 fully saturated rings. The number of amides is 3. The van der Waals surface area contributed by atoms with Crippen molar-refractivity contribution in [1.82, 2.24) is 15.0 Å². The second-order valence-electron chi connectivity index (χ2n) is 13.4. The average Bonchev–Trinajstić information content (AvgIpc) is 3.32. The highest BCUT2D eigenvalue weighted by Gasteiger charge is 2.50. The largest absolute Gasteiger partial charge is 0.486 e. The van der Waals surface area contributed by atoms with E-state index in [-0.39, 0.29) is 33.7 Å². The van der Waals surface area contributed by atoms with Gasteiger partial charge in [-0.25, -0.2) is 9.78 Å². The summed E-state index contributed by atoms with van der Waals surface area (Å²) in [5.74, 6) is 1.29. The van der Waals surface area contributed by atoms with Gasteiger partial charge in [0.25, 0.3) is 5.91 Å². The number of anilines is 3. The van der Waals surface area contributed by atoms with Crippen LogP contribution in [0.1, 0.15) is 84.5 Å². The van der Waals surface area contributed by atoms with Gasteiger partial charge in [-0.1, -0.05) is 25.9 Å². The highest BCUT2D eigenvalue weighted by molar-refractivity contribution is 6.03. The Morgan fingerprint density at radius 2 is 1.49 bits per heavy atom. The van der Waals surface area contributed by atoms with Gasteiger partial charge in [0, 0.05) is 46.8 Å². The number of urea groups is 1. The van der Waals surface area contributed by atoms with Crippen molar-refractivity contribution in [2.45, 2.75) is 90.3 Å². The Morgan fingerprint density at radius 3 is 2.00 bits per heavy atom. The first-order chi connectivity index (χ1) is 19.0. The minimum absolute atomic E-state index is 0.0220. The Labute approximate surface area is 242 Å². The van der Waals surface area contributed by atoms with Crippen LogP contribution in [-0.4, -0.2) is 50.7 Å². The molecule has 1 saturated heterocycles. The van der Waals surface area contributed by atoms with Crippen LogP contribution in [0.4, 0.5) is 22.0 Å². The van der Waals surface area contributed by atoms with Gasteiger partial charge in [0.2, 0.25) is 0 Å². The number of likely N-dealkylation sites (tertiary alicyclic amines) is 1. The average molecular weight is 563 g/mol. The summed E-state index contributed by atoms with van der Waals surface area (Å²) in [6.45, 7) is 17.1. The maximum atomic E-state index is 12.8. The molecular formula is C31H42N6O4. The Kier molecular flexibility index (Phi) is 7.92. The monoisotopic (exact) mass is 562 g/mol. The van der Waals surface area contributed by atoms with E-state index in [1.54, 1.807) is 48.7 Å². The molecule has 2 aromatic heterocycles. The molecule has 0 radical (unpaired) electrons. The summed E-state index contributed by atoms with van der Waals surface area (Å²) in [5, 5.41) is 12.1. The number of nitrogens with one attached hydrogen (secondary N) is 3. The molecule has 0 atom stereocenters. The molecule has 10 nitrogen and oxygen atoms in total. The molecule has 3 N–H and O–H groups in total. The van der Waals surface area contributed by atoms with Crippen molar-refractivity contribution in [1.29, 1.82) is 0 Å². The third-order valence-corrected chi connectivity index (χ3v) is 7.65. The molecule has 3 aromatic rings. The number of pyridine rings is 1. The minimum Gasteiger partial charge on any atom is -0.486 e. The zero-order valence-electron chi connectivity index (χ0n) is 25.5. The Bertz CT molecular complexity index is 1370. The topological polar surface area (TPSA) is 122 Å². The summed E-state index contributed by atoms with van der Waals surface area (Å²) in [5.41, 5.74) is 0.774. The smallest absolute Gasteiger partial charge is 0.324 e. The molecule has 1 aliphatic rings. The van der Waals surface area contributed by atoms with Crippen LogP contribution in [0, 0.1) is 0 Å². The quantitative estimate of drug-likeness (QED) is 0.306. The lowest BCUT2D eigenvalue weighted by Gasteiger charge is -2.57. The molecule has 10 heteroatoms. The van der Waals surface area contributed by atoms with Crippen molar-refractivity contribution in [3.8, 4) is 5.75 Å². The number of aromatic nitrogens is 2. The van der Waals surface area contributed by atoms with Crippen molar-refractivity contribution < 1.29 is 18.8 Å². The van der Waals surface area contributed by atoms with Gasteiger partial charge in [0.1, 0.15) is 22.8 Å². The summed E-state index contributed by atoms with van der Waals surface area (Å²) in [4.78, 5) is 31.9. The molecule has 0 unspecified atom stereocenters. The zero-order valence-corrected chi connectivity index (χ0v) is 25.5. The molecule has 41 heavy (non-hydrogen) atoms. The predicted octanol–water partition coefficient (Wildman–Crippen LogP) is 6.68. The molecule has 0 aliphatic carbocycles.